The van der Waals surface area contributed by atoms with Crippen molar-refractivity contribution in [2.75, 3.05) is 32.5 Å². The molecule has 0 radical (unpaired) electrons. The Bertz CT molecular complexity index is 1040. The summed E-state index contributed by atoms with van der Waals surface area (Å²) in [4.78, 5) is 30.6. The Morgan fingerprint density at radius 3 is 2.59 bits per heavy atom. The fourth-order valence-corrected chi connectivity index (χ4v) is 3.02. The van der Waals surface area contributed by atoms with E-state index < -0.39 is 0 Å². The van der Waals surface area contributed by atoms with Crippen LogP contribution in [-0.2, 0) is 4.79 Å². The number of pyridine rings is 1. The zero-order valence-electron chi connectivity index (χ0n) is 16.6. The Morgan fingerprint density at radius 2 is 1.90 bits per heavy atom. The molecule has 1 aliphatic carbocycles. The van der Waals surface area contributed by atoms with Crippen LogP contribution in [0.3, 0.4) is 0 Å². The number of nitrogens with zero attached hydrogens (tertiary/aromatic N) is 4. The molecule has 2 heterocycles. The highest BCUT2D eigenvalue weighted by molar-refractivity contribution is 5.94. The summed E-state index contributed by atoms with van der Waals surface area (Å²) in [6.07, 6.45) is 1.86. The first-order valence-corrected chi connectivity index (χ1v) is 9.71. The molecule has 1 fully saturated rings. The molecule has 1 aromatic carbocycles. The van der Waals surface area contributed by atoms with Crippen molar-refractivity contribution in [3.05, 3.63) is 48.0 Å². The average Bonchev–Trinajstić information content (AvgIpc) is 3.47. The minimum absolute atomic E-state index is 0.0212. The number of anilines is 1. The molecular weight excluding hydrogens is 368 g/mol. The fourth-order valence-electron chi connectivity index (χ4n) is 3.02. The maximum Gasteiger partial charge on any atom is 0.251 e. The van der Waals surface area contributed by atoms with Crippen LogP contribution in [0.1, 0.15) is 23.2 Å². The van der Waals surface area contributed by atoms with Crippen LogP contribution in [-0.4, -0.2) is 58.5 Å². The molecular formula is C21H24N6O2. The van der Waals surface area contributed by atoms with Crippen molar-refractivity contribution in [1.29, 1.82) is 0 Å². The van der Waals surface area contributed by atoms with Gasteiger partial charge in [-0.05, 0) is 51.2 Å². The molecule has 29 heavy (non-hydrogen) atoms. The second-order valence-electron chi connectivity index (χ2n) is 7.52. The number of amides is 2. The van der Waals surface area contributed by atoms with Crippen molar-refractivity contribution in [3.8, 4) is 11.3 Å². The lowest BCUT2D eigenvalue weighted by Gasteiger charge is -2.10. The van der Waals surface area contributed by atoms with Gasteiger partial charge in [0.1, 0.15) is 0 Å². The van der Waals surface area contributed by atoms with Crippen molar-refractivity contribution in [2.24, 2.45) is 5.92 Å². The molecule has 0 aliphatic heterocycles. The van der Waals surface area contributed by atoms with Crippen LogP contribution in [0.2, 0.25) is 0 Å². The van der Waals surface area contributed by atoms with Crippen molar-refractivity contribution >= 4 is 23.4 Å². The number of fused-ring (bicyclic) bond motifs is 1. The highest BCUT2D eigenvalue weighted by Gasteiger charge is 2.30. The Labute approximate surface area is 168 Å². The summed E-state index contributed by atoms with van der Waals surface area (Å²) < 4.78 is 1.70. The van der Waals surface area contributed by atoms with Gasteiger partial charge in [0.15, 0.2) is 5.65 Å². The molecule has 0 unspecified atom stereocenters. The second-order valence-corrected chi connectivity index (χ2v) is 7.52. The molecule has 3 aromatic rings. The molecule has 2 N–H and O–H groups in total. The maximum absolute atomic E-state index is 12.3. The van der Waals surface area contributed by atoms with Gasteiger partial charge in [-0.2, -0.15) is 4.98 Å². The van der Waals surface area contributed by atoms with Gasteiger partial charge in [-0.25, -0.2) is 4.52 Å². The van der Waals surface area contributed by atoms with Crippen molar-refractivity contribution < 1.29 is 9.59 Å². The first-order valence-electron chi connectivity index (χ1n) is 9.71. The second kappa shape index (κ2) is 8.00. The quantitative estimate of drug-likeness (QED) is 0.642. The zero-order chi connectivity index (χ0) is 20.4. The predicted molar refractivity (Wildman–Crippen MR) is 111 cm³/mol. The van der Waals surface area contributed by atoms with E-state index in [-0.39, 0.29) is 17.7 Å². The molecule has 0 spiro atoms. The van der Waals surface area contributed by atoms with Gasteiger partial charge >= 0.3 is 0 Å². The molecule has 2 amide bonds. The lowest BCUT2D eigenvalue weighted by atomic mass is 10.1. The summed E-state index contributed by atoms with van der Waals surface area (Å²) in [5, 5.41) is 10.1. The molecule has 0 saturated heterocycles. The minimum Gasteiger partial charge on any atom is -0.351 e. The minimum atomic E-state index is -0.0950. The van der Waals surface area contributed by atoms with Gasteiger partial charge in [-0.1, -0.05) is 18.2 Å². The van der Waals surface area contributed by atoms with Crippen LogP contribution in [0.5, 0.6) is 0 Å². The van der Waals surface area contributed by atoms with E-state index in [1.54, 1.807) is 16.6 Å². The van der Waals surface area contributed by atoms with E-state index in [9.17, 15) is 9.59 Å². The number of benzene rings is 1. The summed E-state index contributed by atoms with van der Waals surface area (Å²) in [7, 11) is 3.93. The van der Waals surface area contributed by atoms with Crippen LogP contribution in [0, 0.1) is 5.92 Å². The fraction of sp³-hybridized carbons (Fsp3) is 0.333. The van der Waals surface area contributed by atoms with Gasteiger partial charge < -0.3 is 10.2 Å². The first kappa shape index (κ1) is 19.1. The Kier molecular flexibility index (Phi) is 5.26. The van der Waals surface area contributed by atoms with E-state index in [0.29, 0.717) is 23.7 Å². The topological polar surface area (TPSA) is 91.6 Å². The number of nitrogens with one attached hydrogen (secondary N) is 2. The molecule has 4 rings (SSSR count). The lowest BCUT2D eigenvalue weighted by Crippen LogP contribution is -2.31. The smallest absolute Gasteiger partial charge is 0.251 e. The molecule has 8 nitrogen and oxygen atoms in total. The third kappa shape index (κ3) is 4.43. The van der Waals surface area contributed by atoms with Crippen LogP contribution >= 0.6 is 0 Å². The van der Waals surface area contributed by atoms with E-state index in [4.69, 9.17) is 0 Å². The molecule has 0 bridgehead atoms. The zero-order valence-corrected chi connectivity index (χ0v) is 16.6. The summed E-state index contributed by atoms with van der Waals surface area (Å²) in [5.74, 6) is 0.290. The standard InChI is InChI=1S/C21H24N6O2/c1-26(2)13-12-22-19(28)15-8-6-14(7-9-15)17-4-3-5-18-23-21(25-27(17)18)24-20(29)16-10-11-16/h3-9,16H,10-13H2,1-2H3,(H,22,28)(H,24,25,29). The van der Waals surface area contributed by atoms with E-state index in [2.05, 4.69) is 20.7 Å². The van der Waals surface area contributed by atoms with Crippen molar-refractivity contribution in [3.63, 3.8) is 0 Å². The van der Waals surface area contributed by atoms with E-state index in [1.807, 2.05) is 49.3 Å². The molecule has 1 aliphatic rings. The Morgan fingerprint density at radius 1 is 1.14 bits per heavy atom. The molecule has 150 valence electrons. The third-order valence-corrected chi connectivity index (χ3v) is 4.83. The van der Waals surface area contributed by atoms with Crippen LogP contribution in [0.25, 0.3) is 16.9 Å². The summed E-state index contributed by atoms with van der Waals surface area (Å²) in [6.45, 7) is 1.39. The normalized spacial score (nSPS) is 13.6. The SMILES string of the molecule is CN(C)CCNC(=O)c1ccc(-c2cccc3nc(NC(=O)C4CC4)nn23)cc1. The van der Waals surface area contributed by atoms with Crippen LogP contribution in [0.15, 0.2) is 42.5 Å². The predicted octanol–water partition coefficient (Wildman–Crippen LogP) is 2.04. The highest BCUT2D eigenvalue weighted by atomic mass is 16.2. The molecule has 0 atom stereocenters. The van der Waals surface area contributed by atoms with Gasteiger partial charge in [0.25, 0.3) is 5.91 Å². The van der Waals surface area contributed by atoms with E-state index in [1.165, 1.54) is 0 Å². The number of likely N-dealkylation sites (N-methyl/N-ethyl adjacent to an activating group) is 1. The van der Waals surface area contributed by atoms with Crippen LogP contribution < -0.4 is 10.6 Å². The molecule has 1 saturated carbocycles. The maximum atomic E-state index is 12.3. The van der Waals surface area contributed by atoms with E-state index >= 15 is 0 Å². The summed E-state index contributed by atoms with van der Waals surface area (Å²) in [5.41, 5.74) is 3.00. The first-order chi connectivity index (χ1) is 14.0. The number of carbonyl (C=O) groups is 2. The highest BCUT2D eigenvalue weighted by Crippen LogP contribution is 2.30. The van der Waals surface area contributed by atoms with Gasteiger partial charge in [0.05, 0.1) is 5.69 Å². The average molecular weight is 392 g/mol. The third-order valence-electron chi connectivity index (χ3n) is 4.83. The number of rotatable bonds is 7. The number of aromatic nitrogens is 3. The largest absolute Gasteiger partial charge is 0.351 e. The van der Waals surface area contributed by atoms with Crippen molar-refractivity contribution in [1.82, 2.24) is 24.8 Å². The monoisotopic (exact) mass is 392 g/mol. The van der Waals surface area contributed by atoms with Gasteiger partial charge in [-0.3, -0.25) is 14.9 Å². The Balaban J connectivity index is 1.52. The number of carbonyl (C=O) groups excluding carboxylic acids is 2. The van der Waals surface area contributed by atoms with Crippen LogP contribution in [0.4, 0.5) is 5.95 Å². The lowest BCUT2D eigenvalue weighted by molar-refractivity contribution is -0.117. The van der Waals surface area contributed by atoms with Gasteiger partial charge in [-0.15, -0.1) is 5.10 Å². The van der Waals surface area contributed by atoms with Gasteiger partial charge in [0.2, 0.25) is 11.9 Å². The van der Waals surface area contributed by atoms with Crippen molar-refractivity contribution in [2.45, 2.75) is 12.8 Å². The summed E-state index contributed by atoms with van der Waals surface area (Å²) in [6, 6.07) is 13.0. The number of hydrogen-bond acceptors (Lipinski definition) is 5. The number of hydrogen-bond donors (Lipinski definition) is 2. The molecule has 8 heteroatoms. The van der Waals surface area contributed by atoms with E-state index in [0.717, 1.165) is 30.6 Å². The van der Waals surface area contributed by atoms with Gasteiger partial charge in [0, 0.05) is 30.1 Å². The summed E-state index contributed by atoms with van der Waals surface area (Å²) >= 11 is 0. The molecule has 2 aromatic heterocycles. The Hall–Kier alpha value is -3.26.